The van der Waals surface area contributed by atoms with Crippen LogP contribution in [0.5, 0.6) is 0 Å². The Morgan fingerprint density at radius 2 is 1.42 bits per heavy atom. The Kier molecular flexibility index (Phi) is 3.40. The van der Waals surface area contributed by atoms with Crippen LogP contribution in [0.1, 0.15) is 0 Å². The van der Waals surface area contributed by atoms with Gasteiger partial charge in [0.05, 0.1) is 5.31 Å². The van der Waals surface area contributed by atoms with E-state index in [1.54, 1.807) is 0 Å². The third kappa shape index (κ3) is 3.16. The van der Waals surface area contributed by atoms with Crippen LogP contribution in [0, 0.1) is 5.78 Å². The average molecular weight is 216 g/mol. The van der Waals surface area contributed by atoms with Gasteiger partial charge in [-0.3, -0.25) is 9.13 Å². The minimum absolute atomic E-state index is 1.05. The van der Waals surface area contributed by atoms with Crippen molar-refractivity contribution >= 4 is 15.2 Å². The lowest BCUT2D eigenvalue weighted by Gasteiger charge is -2.15. The van der Waals surface area contributed by atoms with Crippen LogP contribution in [0.15, 0.2) is 11.9 Å². The van der Waals surface area contributed by atoms with Crippen LogP contribution in [0.4, 0.5) is 0 Å². The van der Waals surface area contributed by atoms with E-state index in [0.717, 1.165) is 0 Å². The van der Waals surface area contributed by atoms with Crippen LogP contribution in [-0.2, 0) is 9.13 Å². The summed E-state index contributed by atoms with van der Waals surface area (Å²) in [6, 6.07) is 0. The molecule has 0 aliphatic rings. The van der Waals surface area contributed by atoms with Crippen LogP contribution in [0.3, 0.4) is 0 Å². The molecule has 71 valence electrons. The molecule has 0 saturated carbocycles. The van der Waals surface area contributed by atoms with Gasteiger partial charge in [-0.05, 0) is 0 Å². The first kappa shape index (κ1) is 12.0. The van der Waals surface area contributed by atoms with Gasteiger partial charge in [0.25, 0.3) is 0 Å². The standard InChI is InChI=1S/C3H8NO6P2/c1-2(11(5,6)7)3(4)12(8,9)10/h1,4H2,(H2,5,6,7)(H2,8,9,10). The number of hydrogen-bond donors (Lipinski definition) is 5. The van der Waals surface area contributed by atoms with E-state index < -0.39 is 26.3 Å². The summed E-state index contributed by atoms with van der Waals surface area (Å²) in [5.41, 5.74) is 4.74. The second-order valence-electron chi connectivity index (χ2n) is 1.92. The van der Waals surface area contributed by atoms with Crippen molar-refractivity contribution in [1.82, 2.24) is 0 Å². The maximum Gasteiger partial charge on any atom is 0.354 e. The highest BCUT2D eigenvalue weighted by molar-refractivity contribution is 7.62. The minimum atomic E-state index is -4.81. The van der Waals surface area contributed by atoms with Gasteiger partial charge in [0.15, 0.2) is 5.78 Å². The molecule has 12 heavy (non-hydrogen) atoms. The Bertz CT molecular complexity index is 275. The fraction of sp³-hybridized carbons (Fsp3) is 0. The van der Waals surface area contributed by atoms with Crippen molar-refractivity contribution < 1.29 is 28.7 Å². The van der Waals surface area contributed by atoms with Gasteiger partial charge in [-0.15, -0.1) is 0 Å². The van der Waals surface area contributed by atoms with E-state index >= 15 is 0 Å². The lowest BCUT2D eigenvalue weighted by Crippen LogP contribution is -2.12. The van der Waals surface area contributed by atoms with Crippen LogP contribution in [0.25, 0.3) is 0 Å². The zero-order valence-corrected chi connectivity index (χ0v) is 7.57. The average Bonchev–Trinajstić information content (AvgIpc) is 1.80. The molecule has 0 spiro atoms. The fourth-order valence-corrected chi connectivity index (χ4v) is 1.73. The highest BCUT2D eigenvalue weighted by Crippen LogP contribution is 2.58. The second-order valence-corrected chi connectivity index (χ2v) is 5.12. The van der Waals surface area contributed by atoms with Gasteiger partial charge < -0.3 is 25.3 Å². The quantitative estimate of drug-likeness (QED) is 0.393. The summed E-state index contributed by atoms with van der Waals surface area (Å²) in [5.74, 6) is -1.18. The molecule has 6 N–H and O–H groups in total. The predicted octanol–water partition coefficient (Wildman–Crippen LogP) is -0.696. The van der Waals surface area contributed by atoms with Crippen LogP contribution >= 0.6 is 15.2 Å². The predicted molar refractivity (Wildman–Crippen MR) is 40.7 cm³/mol. The summed E-state index contributed by atoms with van der Waals surface area (Å²) in [4.78, 5) is 33.5. The lowest BCUT2D eigenvalue weighted by atomic mass is 10.6. The van der Waals surface area contributed by atoms with E-state index in [4.69, 9.17) is 25.3 Å². The van der Waals surface area contributed by atoms with Gasteiger partial charge in [-0.25, -0.2) is 0 Å². The van der Waals surface area contributed by atoms with Gasteiger partial charge in [-0.2, -0.15) is 0 Å². The van der Waals surface area contributed by atoms with Crippen molar-refractivity contribution in [3.05, 3.63) is 17.7 Å². The maximum atomic E-state index is 10.4. The number of nitrogens with two attached hydrogens (primary N) is 1. The molecule has 0 aromatic heterocycles. The molecular formula is C3H8NO6P2. The van der Waals surface area contributed by atoms with E-state index in [1.807, 2.05) is 0 Å². The molecule has 0 aliphatic heterocycles. The monoisotopic (exact) mass is 216 g/mol. The topological polar surface area (TPSA) is 141 Å². The molecule has 0 fully saturated rings. The molecular weight excluding hydrogens is 208 g/mol. The fourth-order valence-electron chi connectivity index (χ4n) is 0.317. The van der Waals surface area contributed by atoms with E-state index in [-0.39, 0.29) is 0 Å². The Morgan fingerprint density at radius 3 is 1.50 bits per heavy atom. The number of rotatable bonds is 3. The summed E-state index contributed by atoms with van der Waals surface area (Å²) in [7, 11) is -9.56. The second kappa shape index (κ2) is 3.40. The van der Waals surface area contributed by atoms with Crippen LogP contribution < -0.4 is 5.73 Å². The Labute approximate surface area is 68.2 Å². The SMILES string of the molecule is C=C([C](N)P(=O)(O)O)P(=O)(O)O. The lowest BCUT2D eigenvalue weighted by molar-refractivity contribution is 0.366. The normalized spacial score (nSPS) is 13.5. The Morgan fingerprint density at radius 1 is 1.08 bits per heavy atom. The zero-order chi connectivity index (χ0) is 10.2. The van der Waals surface area contributed by atoms with E-state index in [9.17, 15) is 9.13 Å². The highest BCUT2D eigenvalue weighted by Gasteiger charge is 2.37. The van der Waals surface area contributed by atoms with Crippen LogP contribution in [0.2, 0.25) is 0 Å². The summed E-state index contributed by atoms with van der Waals surface area (Å²) < 4.78 is 20.7. The molecule has 0 rings (SSSR count). The van der Waals surface area contributed by atoms with Gasteiger partial charge >= 0.3 is 15.2 Å². The summed E-state index contributed by atoms with van der Waals surface area (Å²) >= 11 is 0. The van der Waals surface area contributed by atoms with Gasteiger partial charge in [0.1, 0.15) is 0 Å². The van der Waals surface area contributed by atoms with Crippen molar-refractivity contribution in [3.63, 3.8) is 0 Å². The molecule has 0 atom stereocenters. The van der Waals surface area contributed by atoms with Crippen molar-refractivity contribution in [2.24, 2.45) is 5.73 Å². The molecule has 0 saturated heterocycles. The minimum Gasteiger partial charge on any atom is -0.323 e. The molecule has 0 unspecified atom stereocenters. The molecule has 1 radical (unpaired) electrons. The Balaban J connectivity index is 4.77. The van der Waals surface area contributed by atoms with Crippen molar-refractivity contribution in [2.75, 3.05) is 0 Å². The molecule has 0 amide bonds. The zero-order valence-electron chi connectivity index (χ0n) is 5.78. The van der Waals surface area contributed by atoms with Crippen LogP contribution in [-0.4, -0.2) is 19.6 Å². The molecule has 0 aliphatic carbocycles. The smallest absolute Gasteiger partial charge is 0.323 e. The Hall–Kier alpha value is -0.0000000000000000416. The molecule has 9 heteroatoms. The first-order valence-electron chi connectivity index (χ1n) is 2.50. The molecule has 0 bridgehead atoms. The first-order valence-corrected chi connectivity index (χ1v) is 5.73. The van der Waals surface area contributed by atoms with Gasteiger partial charge in [-0.1, -0.05) is 6.58 Å². The molecule has 7 nitrogen and oxygen atoms in total. The molecule has 0 heterocycles. The first-order chi connectivity index (χ1) is 5.07. The van der Waals surface area contributed by atoms with Gasteiger partial charge in [0, 0.05) is 0 Å². The summed E-state index contributed by atoms with van der Waals surface area (Å²) in [6.07, 6.45) is 0. The molecule has 0 aromatic rings. The van der Waals surface area contributed by atoms with Gasteiger partial charge in [0.2, 0.25) is 0 Å². The van der Waals surface area contributed by atoms with Crippen molar-refractivity contribution in [1.29, 1.82) is 0 Å². The summed E-state index contributed by atoms with van der Waals surface area (Å²) in [6.45, 7) is 2.77. The van der Waals surface area contributed by atoms with E-state index in [0.29, 0.717) is 0 Å². The highest BCUT2D eigenvalue weighted by atomic mass is 31.2. The van der Waals surface area contributed by atoms with E-state index in [2.05, 4.69) is 6.58 Å². The summed E-state index contributed by atoms with van der Waals surface area (Å²) in [5, 5.41) is -1.05. The largest absolute Gasteiger partial charge is 0.354 e. The third-order valence-electron chi connectivity index (χ3n) is 0.961. The third-order valence-corrected chi connectivity index (χ3v) is 2.98. The number of hydrogen-bond acceptors (Lipinski definition) is 3. The van der Waals surface area contributed by atoms with Crippen molar-refractivity contribution in [2.45, 2.75) is 0 Å². The van der Waals surface area contributed by atoms with Crippen molar-refractivity contribution in [3.8, 4) is 0 Å². The maximum absolute atomic E-state index is 10.4. The van der Waals surface area contributed by atoms with E-state index in [1.165, 1.54) is 0 Å². The molecule has 0 aromatic carbocycles.